The molecule has 3 saturated carbocycles. The maximum Gasteiger partial charge on any atom is 0.302 e. The number of hydrogen-bond acceptors (Lipinski definition) is 4. The highest BCUT2D eigenvalue weighted by Gasteiger charge is 2.61. The highest BCUT2D eigenvalue weighted by atomic mass is 28.4. The van der Waals surface area contributed by atoms with E-state index in [0.717, 1.165) is 44.9 Å². The van der Waals surface area contributed by atoms with Crippen molar-refractivity contribution in [1.82, 2.24) is 0 Å². The minimum atomic E-state index is -1.59. The van der Waals surface area contributed by atoms with E-state index in [4.69, 9.17) is 9.16 Å². The van der Waals surface area contributed by atoms with Crippen LogP contribution in [0.1, 0.15) is 65.2 Å². The summed E-state index contributed by atoms with van der Waals surface area (Å²) >= 11 is 0. The molecule has 5 heteroatoms. The van der Waals surface area contributed by atoms with E-state index in [1.807, 2.05) is 0 Å². The largest absolute Gasteiger partial charge is 0.462 e. The van der Waals surface area contributed by atoms with Crippen LogP contribution in [0.15, 0.2) is 11.6 Å². The predicted octanol–water partition coefficient (Wildman–Crippen LogP) is 5.28. The number of rotatable bonds is 4. The maximum absolute atomic E-state index is 12.6. The number of aldehydes is 1. The van der Waals surface area contributed by atoms with Crippen LogP contribution in [-0.4, -0.2) is 32.8 Å². The van der Waals surface area contributed by atoms with Crippen molar-refractivity contribution in [3.05, 3.63) is 11.6 Å². The van der Waals surface area contributed by atoms with Crippen LogP contribution in [0.25, 0.3) is 0 Å². The molecule has 4 aliphatic carbocycles. The van der Waals surface area contributed by atoms with Crippen molar-refractivity contribution in [3.63, 3.8) is 0 Å². The summed E-state index contributed by atoms with van der Waals surface area (Å²) in [7, 11) is -1.59. The first kappa shape index (κ1) is 21.3. The third kappa shape index (κ3) is 3.56. The fourth-order valence-corrected chi connectivity index (χ4v) is 8.61. The fraction of sp³-hybridized carbons (Fsp3) is 0.833. The Labute approximate surface area is 176 Å². The number of hydrogen-bond donors (Lipinski definition) is 0. The van der Waals surface area contributed by atoms with Crippen LogP contribution in [0, 0.1) is 28.6 Å². The Kier molecular flexibility index (Phi) is 5.38. The number of carbonyl (C=O) groups is 2. The van der Waals surface area contributed by atoms with Gasteiger partial charge in [0.1, 0.15) is 12.4 Å². The van der Waals surface area contributed by atoms with Crippen LogP contribution in [-0.2, 0) is 18.8 Å². The van der Waals surface area contributed by atoms with Gasteiger partial charge in [0.25, 0.3) is 0 Å². The second-order valence-corrected chi connectivity index (χ2v) is 15.8. The zero-order valence-corrected chi connectivity index (χ0v) is 19.8. The Morgan fingerprint density at radius 2 is 1.86 bits per heavy atom. The molecule has 3 fully saturated rings. The van der Waals surface area contributed by atoms with Crippen molar-refractivity contribution >= 4 is 20.6 Å². The number of ether oxygens (including phenoxy) is 1. The Hall–Kier alpha value is -0.943. The minimum Gasteiger partial charge on any atom is -0.462 e. The van der Waals surface area contributed by atoms with Crippen LogP contribution in [0.3, 0.4) is 0 Å². The van der Waals surface area contributed by atoms with E-state index in [1.165, 1.54) is 25.2 Å². The quantitative estimate of drug-likeness (QED) is 0.270. The molecule has 0 radical (unpaired) electrons. The first-order chi connectivity index (χ1) is 13.6. The smallest absolute Gasteiger partial charge is 0.302 e. The van der Waals surface area contributed by atoms with Crippen molar-refractivity contribution in [2.75, 3.05) is 0 Å². The van der Waals surface area contributed by atoms with E-state index in [1.54, 1.807) is 0 Å². The van der Waals surface area contributed by atoms with Gasteiger partial charge in [-0.3, -0.25) is 4.79 Å². The SMILES string of the molecule is CC(=O)O[C@H]1CC[C@H]2[C@@H]3CCC4=C[C@@H](O[Si](C)(C)C)CC[C@]4(C=O)[C@H]3CC[C@]12C. The highest BCUT2D eigenvalue weighted by molar-refractivity contribution is 6.69. The van der Waals surface area contributed by atoms with E-state index in [-0.39, 0.29) is 29.0 Å². The van der Waals surface area contributed by atoms with Gasteiger partial charge in [0, 0.05) is 12.3 Å². The molecule has 7 atom stereocenters. The van der Waals surface area contributed by atoms with Gasteiger partial charge in [-0.1, -0.05) is 18.6 Å². The molecule has 0 aromatic rings. The molecule has 4 nitrogen and oxygen atoms in total. The lowest BCUT2D eigenvalue weighted by molar-refractivity contribution is -0.157. The zero-order chi connectivity index (χ0) is 21.0. The number of allylic oxidation sites excluding steroid dienone is 1. The third-order valence-corrected chi connectivity index (χ3v) is 9.62. The van der Waals surface area contributed by atoms with E-state index >= 15 is 0 Å². The second kappa shape index (κ2) is 7.33. The lowest BCUT2D eigenvalue weighted by Crippen LogP contribution is -2.53. The standard InChI is InChI=1S/C24H38O4Si/c1-16(26)27-22-9-8-20-19-7-6-17-14-18(28-29(3,4)5)10-13-24(17,15-25)21(19)11-12-23(20,22)2/h14-15,18-22H,6-13H2,1-5H3/t18-,19-,20-,21-,22-,23-,24+/m0/s1. The summed E-state index contributed by atoms with van der Waals surface area (Å²) < 4.78 is 12.1. The minimum absolute atomic E-state index is 0.0518. The lowest BCUT2D eigenvalue weighted by atomic mass is 9.47. The molecule has 0 spiro atoms. The second-order valence-electron chi connectivity index (χ2n) is 11.3. The van der Waals surface area contributed by atoms with E-state index < -0.39 is 8.32 Å². The third-order valence-electron chi connectivity index (χ3n) is 8.61. The molecule has 4 aliphatic rings. The summed E-state index contributed by atoms with van der Waals surface area (Å²) in [5.41, 5.74) is 1.17. The molecule has 0 saturated heterocycles. The van der Waals surface area contributed by atoms with Crippen molar-refractivity contribution in [2.24, 2.45) is 28.6 Å². The number of fused-ring (bicyclic) bond motifs is 5. The van der Waals surface area contributed by atoms with Crippen molar-refractivity contribution in [1.29, 1.82) is 0 Å². The van der Waals surface area contributed by atoms with Crippen LogP contribution >= 0.6 is 0 Å². The van der Waals surface area contributed by atoms with Crippen LogP contribution in [0.5, 0.6) is 0 Å². The summed E-state index contributed by atoms with van der Waals surface area (Å²) in [6.45, 7) is 10.6. The van der Waals surface area contributed by atoms with Crippen LogP contribution in [0.4, 0.5) is 0 Å². The fourth-order valence-electron chi connectivity index (χ4n) is 7.51. The van der Waals surface area contributed by atoms with Gasteiger partial charge in [0.2, 0.25) is 0 Å². The highest BCUT2D eigenvalue weighted by Crippen LogP contribution is 2.65. The van der Waals surface area contributed by atoms with E-state index in [2.05, 4.69) is 32.6 Å². The molecule has 0 N–H and O–H groups in total. The molecule has 0 aromatic heterocycles. The van der Waals surface area contributed by atoms with Gasteiger partial charge in [0.05, 0.1) is 11.5 Å². The first-order valence-electron chi connectivity index (χ1n) is 11.6. The van der Waals surface area contributed by atoms with Gasteiger partial charge in [-0.05, 0) is 88.8 Å². The van der Waals surface area contributed by atoms with Gasteiger partial charge in [0.15, 0.2) is 8.32 Å². The number of carbonyl (C=O) groups excluding carboxylic acids is 2. The molecular formula is C24H38O4Si. The Morgan fingerprint density at radius 1 is 1.10 bits per heavy atom. The maximum atomic E-state index is 12.6. The molecule has 0 bridgehead atoms. The lowest BCUT2D eigenvalue weighted by Gasteiger charge is -2.57. The molecule has 0 aliphatic heterocycles. The van der Waals surface area contributed by atoms with E-state index in [0.29, 0.717) is 17.8 Å². The summed E-state index contributed by atoms with van der Waals surface area (Å²) in [4.78, 5) is 24.2. The molecule has 0 amide bonds. The topological polar surface area (TPSA) is 52.6 Å². The Bertz CT molecular complexity index is 710. The van der Waals surface area contributed by atoms with Gasteiger partial charge in [-0.25, -0.2) is 0 Å². The molecular weight excluding hydrogens is 380 g/mol. The Morgan fingerprint density at radius 3 is 2.52 bits per heavy atom. The molecule has 4 rings (SSSR count). The van der Waals surface area contributed by atoms with E-state index in [9.17, 15) is 9.59 Å². The van der Waals surface area contributed by atoms with Crippen LogP contribution in [0.2, 0.25) is 19.6 Å². The van der Waals surface area contributed by atoms with Gasteiger partial charge < -0.3 is 14.0 Å². The zero-order valence-electron chi connectivity index (χ0n) is 18.8. The van der Waals surface area contributed by atoms with Crippen molar-refractivity contribution < 1.29 is 18.8 Å². The molecule has 0 unspecified atom stereocenters. The average Bonchev–Trinajstić information content (AvgIpc) is 2.96. The molecule has 29 heavy (non-hydrogen) atoms. The first-order valence-corrected chi connectivity index (χ1v) is 15.0. The predicted molar refractivity (Wildman–Crippen MR) is 116 cm³/mol. The summed E-state index contributed by atoms with van der Waals surface area (Å²) in [5, 5.41) is 0. The Balaban J connectivity index is 1.59. The summed E-state index contributed by atoms with van der Waals surface area (Å²) in [6, 6.07) is 0. The van der Waals surface area contributed by atoms with Gasteiger partial charge >= 0.3 is 5.97 Å². The van der Waals surface area contributed by atoms with Crippen molar-refractivity contribution in [3.8, 4) is 0 Å². The number of esters is 1. The molecule has 0 aromatic carbocycles. The summed E-state index contributed by atoms with van der Waals surface area (Å²) in [6.07, 6.45) is 12.2. The van der Waals surface area contributed by atoms with Gasteiger partial charge in [-0.2, -0.15) is 0 Å². The molecule has 0 heterocycles. The summed E-state index contributed by atoms with van der Waals surface area (Å²) in [5.74, 6) is 1.44. The average molecular weight is 419 g/mol. The monoisotopic (exact) mass is 418 g/mol. The van der Waals surface area contributed by atoms with Gasteiger partial charge in [-0.15, -0.1) is 0 Å². The van der Waals surface area contributed by atoms with Crippen molar-refractivity contribution in [2.45, 2.75) is 97.1 Å². The normalized spacial score (nSPS) is 44.2. The molecule has 162 valence electrons. The van der Waals surface area contributed by atoms with Crippen LogP contribution < -0.4 is 0 Å².